The molecule has 182 valence electrons. The summed E-state index contributed by atoms with van der Waals surface area (Å²) in [5, 5.41) is 0. The van der Waals surface area contributed by atoms with Gasteiger partial charge in [0.15, 0.2) is 0 Å². The van der Waals surface area contributed by atoms with E-state index in [9.17, 15) is 13.2 Å². The number of benzene rings is 3. The maximum Gasteiger partial charge on any atom is 0.308 e. The second kappa shape index (κ2) is 8.82. The Morgan fingerprint density at radius 1 is 1.11 bits per heavy atom. The minimum absolute atomic E-state index is 0.117. The van der Waals surface area contributed by atoms with Crippen molar-refractivity contribution in [3.63, 3.8) is 0 Å². The van der Waals surface area contributed by atoms with Crippen LogP contribution in [0.1, 0.15) is 37.4 Å². The maximum absolute atomic E-state index is 13.4. The third-order valence-electron chi connectivity index (χ3n) is 6.11. The molecule has 1 atom stereocenters. The number of ether oxygens (including phenoxy) is 2. The van der Waals surface area contributed by atoms with Gasteiger partial charge < -0.3 is 9.47 Å². The van der Waals surface area contributed by atoms with Crippen LogP contribution in [0, 0.1) is 0 Å². The Labute approximate surface area is 208 Å². The molecular formula is C26H26N2O5S2. The van der Waals surface area contributed by atoms with Crippen molar-refractivity contribution >= 4 is 31.6 Å². The van der Waals surface area contributed by atoms with Crippen molar-refractivity contribution in [2.24, 2.45) is 0 Å². The van der Waals surface area contributed by atoms with Crippen molar-refractivity contribution in [1.29, 1.82) is 0 Å². The summed E-state index contributed by atoms with van der Waals surface area (Å²) in [7, 11) is -2.31. The molecule has 5 rings (SSSR count). The number of fused-ring (bicyclic) bond motifs is 2. The van der Waals surface area contributed by atoms with Crippen molar-refractivity contribution in [3.8, 4) is 11.5 Å². The van der Waals surface area contributed by atoms with Gasteiger partial charge in [-0.3, -0.25) is 9.36 Å². The first-order chi connectivity index (χ1) is 16.6. The minimum Gasteiger partial charge on any atom is -0.497 e. The fourth-order valence-corrected chi connectivity index (χ4v) is 6.70. The van der Waals surface area contributed by atoms with Crippen molar-refractivity contribution < 1.29 is 17.9 Å². The van der Waals surface area contributed by atoms with Gasteiger partial charge in [0.05, 0.1) is 34.8 Å². The van der Waals surface area contributed by atoms with E-state index in [4.69, 9.17) is 9.47 Å². The van der Waals surface area contributed by atoms with Gasteiger partial charge in [0.25, 0.3) is 0 Å². The molecule has 0 bridgehead atoms. The molecule has 1 aromatic heterocycles. The summed E-state index contributed by atoms with van der Waals surface area (Å²) in [5.74, 6) is 1.25. The quantitative estimate of drug-likeness (QED) is 0.406. The zero-order valence-electron chi connectivity index (χ0n) is 19.6. The predicted octanol–water partition coefficient (Wildman–Crippen LogP) is 4.70. The fourth-order valence-electron chi connectivity index (χ4n) is 4.45. The monoisotopic (exact) mass is 510 g/mol. The number of sulfonamides is 1. The van der Waals surface area contributed by atoms with E-state index < -0.39 is 21.7 Å². The molecule has 1 aliphatic heterocycles. The van der Waals surface area contributed by atoms with Crippen LogP contribution in [-0.2, 0) is 16.6 Å². The lowest BCUT2D eigenvalue weighted by molar-refractivity contribution is 0.0700. The van der Waals surface area contributed by atoms with Crippen molar-refractivity contribution in [2.75, 3.05) is 7.11 Å². The lowest BCUT2D eigenvalue weighted by Crippen LogP contribution is -2.41. The van der Waals surface area contributed by atoms with Gasteiger partial charge in [0.1, 0.15) is 17.1 Å². The number of methoxy groups -OCH3 is 1. The first-order valence-electron chi connectivity index (χ1n) is 11.2. The molecule has 0 saturated carbocycles. The van der Waals surface area contributed by atoms with E-state index in [0.717, 1.165) is 22.5 Å². The molecule has 1 N–H and O–H groups in total. The molecule has 7 nitrogen and oxygen atoms in total. The lowest BCUT2D eigenvalue weighted by Gasteiger charge is -2.37. The van der Waals surface area contributed by atoms with Gasteiger partial charge in [-0.2, -0.15) is 0 Å². The van der Waals surface area contributed by atoms with Gasteiger partial charge in [-0.05, 0) is 55.8 Å². The molecule has 9 heteroatoms. The van der Waals surface area contributed by atoms with E-state index in [1.54, 1.807) is 48.1 Å². The lowest BCUT2D eigenvalue weighted by atomic mass is 9.90. The maximum atomic E-state index is 13.4. The van der Waals surface area contributed by atoms with Crippen LogP contribution >= 0.6 is 11.3 Å². The number of hydrogen-bond acceptors (Lipinski definition) is 6. The van der Waals surface area contributed by atoms with Gasteiger partial charge >= 0.3 is 4.87 Å². The number of nitrogens with one attached hydrogen (secondary N) is 1. The first-order valence-corrected chi connectivity index (χ1v) is 13.5. The van der Waals surface area contributed by atoms with Crippen LogP contribution in [0.25, 0.3) is 10.2 Å². The molecule has 3 aromatic carbocycles. The largest absolute Gasteiger partial charge is 0.497 e. The summed E-state index contributed by atoms with van der Waals surface area (Å²) < 4.78 is 43.4. The van der Waals surface area contributed by atoms with Crippen LogP contribution in [0.5, 0.6) is 11.5 Å². The Bertz CT molecular complexity index is 1560. The highest BCUT2D eigenvalue weighted by atomic mass is 32.2. The third-order valence-corrected chi connectivity index (χ3v) is 8.52. The number of aromatic nitrogens is 1. The molecule has 0 aliphatic carbocycles. The molecule has 0 fully saturated rings. The van der Waals surface area contributed by atoms with E-state index in [1.807, 2.05) is 44.2 Å². The first kappa shape index (κ1) is 23.6. The van der Waals surface area contributed by atoms with E-state index in [1.165, 1.54) is 0 Å². The average molecular weight is 511 g/mol. The van der Waals surface area contributed by atoms with E-state index in [0.29, 0.717) is 34.7 Å². The van der Waals surface area contributed by atoms with Crippen molar-refractivity contribution in [2.45, 2.75) is 43.4 Å². The molecule has 2 heterocycles. The van der Waals surface area contributed by atoms with Crippen LogP contribution in [-0.4, -0.2) is 25.7 Å². The Morgan fingerprint density at radius 2 is 1.89 bits per heavy atom. The van der Waals surface area contributed by atoms with E-state index >= 15 is 0 Å². The second-order valence-corrected chi connectivity index (χ2v) is 11.9. The Balaban J connectivity index is 1.48. The van der Waals surface area contributed by atoms with Gasteiger partial charge in [-0.15, -0.1) is 0 Å². The van der Waals surface area contributed by atoms with Crippen LogP contribution in [0.2, 0.25) is 0 Å². The molecule has 0 radical (unpaired) electrons. The fraction of sp³-hybridized carbons (Fsp3) is 0.269. The van der Waals surface area contributed by atoms with Crippen molar-refractivity contribution in [3.05, 3.63) is 87.5 Å². The van der Waals surface area contributed by atoms with Gasteiger partial charge in [-0.1, -0.05) is 41.7 Å². The van der Waals surface area contributed by atoms with Crippen LogP contribution in [0.4, 0.5) is 0 Å². The summed E-state index contributed by atoms with van der Waals surface area (Å²) in [6.07, 6.45) is 0.454. The van der Waals surface area contributed by atoms with Gasteiger partial charge in [-0.25, -0.2) is 13.1 Å². The summed E-state index contributed by atoms with van der Waals surface area (Å²) in [6, 6.07) is 19.4. The number of nitrogens with zero attached hydrogens (tertiary/aromatic N) is 1. The number of hydrogen-bond donors (Lipinski definition) is 1. The summed E-state index contributed by atoms with van der Waals surface area (Å²) >= 11 is 1.05. The Morgan fingerprint density at radius 3 is 2.63 bits per heavy atom. The predicted molar refractivity (Wildman–Crippen MR) is 137 cm³/mol. The second-order valence-electron chi connectivity index (χ2n) is 9.21. The molecular weight excluding hydrogens is 484 g/mol. The molecule has 1 aliphatic rings. The zero-order valence-corrected chi connectivity index (χ0v) is 21.3. The van der Waals surface area contributed by atoms with Crippen LogP contribution in [0.15, 0.2) is 76.4 Å². The van der Waals surface area contributed by atoms with E-state index in [2.05, 4.69) is 4.72 Å². The average Bonchev–Trinajstić information content (AvgIpc) is 3.13. The molecule has 0 spiro atoms. The SMILES string of the molecule is COc1ccc2c(c1)[C@@H](NS(=O)(=O)c1ccc3c(c1)sc(=O)n3Cc1ccccc1)CC(C)(C)O2. The summed E-state index contributed by atoms with van der Waals surface area (Å²) in [5.41, 5.74) is 1.90. The number of thiazole rings is 1. The Hall–Kier alpha value is -3.14. The van der Waals surface area contributed by atoms with Crippen LogP contribution in [0.3, 0.4) is 0 Å². The summed E-state index contributed by atoms with van der Waals surface area (Å²) in [6.45, 7) is 4.29. The highest BCUT2D eigenvalue weighted by Gasteiger charge is 2.36. The molecule has 0 amide bonds. The van der Waals surface area contributed by atoms with Crippen LogP contribution < -0.4 is 19.1 Å². The highest BCUT2D eigenvalue weighted by molar-refractivity contribution is 7.89. The van der Waals surface area contributed by atoms with Crippen molar-refractivity contribution in [1.82, 2.24) is 9.29 Å². The van der Waals surface area contributed by atoms with E-state index in [-0.39, 0.29) is 9.77 Å². The number of rotatable bonds is 6. The molecule has 0 saturated heterocycles. The van der Waals surface area contributed by atoms with Gasteiger partial charge in [0, 0.05) is 12.0 Å². The summed E-state index contributed by atoms with van der Waals surface area (Å²) in [4.78, 5) is 12.7. The standard InChI is InChI=1S/C26H26N2O5S2/c1-26(2)15-21(20-13-18(32-3)9-12-23(20)33-26)27-35(30,31)19-10-11-22-24(14-19)34-25(29)28(22)16-17-7-5-4-6-8-17/h4-14,21,27H,15-16H2,1-3H3/t21-/m0/s1. The highest BCUT2D eigenvalue weighted by Crippen LogP contribution is 2.41. The normalized spacial score (nSPS) is 17.1. The molecule has 35 heavy (non-hydrogen) atoms. The zero-order chi connectivity index (χ0) is 24.8. The molecule has 0 unspecified atom stereocenters. The Kier molecular flexibility index (Phi) is 5.94. The minimum atomic E-state index is -3.88. The van der Waals surface area contributed by atoms with Gasteiger partial charge in [0.2, 0.25) is 10.0 Å². The smallest absolute Gasteiger partial charge is 0.308 e. The topological polar surface area (TPSA) is 86.6 Å². The third kappa shape index (κ3) is 4.71. The molecule has 4 aromatic rings.